The van der Waals surface area contributed by atoms with Gasteiger partial charge in [-0.15, -0.1) is 0 Å². The van der Waals surface area contributed by atoms with Crippen LogP contribution >= 0.6 is 0 Å². The summed E-state index contributed by atoms with van der Waals surface area (Å²) < 4.78 is 20.6. The van der Waals surface area contributed by atoms with Gasteiger partial charge in [-0.1, -0.05) is 42.5 Å². The van der Waals surface area contributed by atoms with Crippen LogP contribution in [0, 0.1) is 6.92 Å². The van der Waals surface area contributed by atoms with Crippen LogP contribution in [0.15, 0.2) is 61.2 Å². The van der Waals surface area contributed by atoms with Gasteiger partial charge in [-0.25, -0.2) is 14.4 Å². The summed E-state index contributed by atoms with van der Waals surface area (Å²) >= 11 is 0. The van der Waals surface area contributed by atoms with Crippen molar-refractivity contribution in [3.05, 3.63) is 72.3 Å². The first-order valence-corrected chi connectivity index (χ1v) is 10.4. The second kappa shape index (κ2) is 11.7. The molecular formula is C25H29NO7. The number of carbonyl (C=O) groups excluding carboxylic acids is 3. The average Bonchev–Trinajstić information content (AvgIpc) is 2.73. The highest BCUT2D eigenvalue weighted by molar-refractivity contribution is 5.81. The molecule has 0 fully saturated rings. The molecule has 0 aliphatic rings. The standard InChI is InChI=1S/C25H29NO7/c1-6-15-30-22(27)21(26-23(28)33-25(3,4)5)16-18-9-13-20(14-10-18)32-24(29)31-19-11-7-17(2)8-12-19/h6-14,21H,1,15-16H2,2-5H3,(H,26,28). The maximum Gasteiger partial charge on any atom is 0.519 e. The predicted octanol–water partition coefficient (Wildman–Crippen LogP) is 4.74. The Hall–Kier alpha value is -3.81. The number of benzene rings is 2. The normalized spacial score (nSPS) is 11.6. The van der Waals surface area contributed by atoms with Gasteiger partial charge in [0.2, 0.25) is 0 Å². The molecule has 2 aromatic rings. The van der Waals surface area contributed by atoms with Crippen molar-refractivity contribution < 1.29 is 33.3 Å². The third-order valence-electron chi connectivity index (χ3n) is 4.11. The fraction of sp³-hybridized carbons (Fsp3) is 0.320. The fourth-order valence-electron chi connectivity index (χ4n) is 2.63. The first-order valence-electron chi connectivity index (χ1n) is 10.4. The Kier molecular flexibility index (Phi) is 9.03. The molecule has 1 amide bonds. The lowest BCUT2D eigenvalue weighted by Gasteiger charge is -2.23. The summed E-state index contributed by atoms with van der Waals surface area (Å²) in [7, 11) is 0. The van der Waals surface area contributed by atoms with Gasteiger partial charge in [-0.05, 0) is 57.5 Å². The molecule has 1 unspecified atom stereocenters. The van der Waals surface area contributed by atoms with Crippen molar-refractivity contribution in [3.8, 4) is 11.5 Å². The van der Waals surface area contributed by atoms with Crippen LogP contribution in [0.5, 0.6) is 11.5 Å². The van der Waals surface area contributed by atoms with Gasteiger partial charge in [0.05, 0.1) is 0 Å². The Balaban J connectivity index is 2.00. The summed E-state index contributed by atoms with van der Waals surface area (Å²) in [4.78, 5) is 36.5. The molecule has 8 heteroatoms. The Morgan fingerprint density at radius 2 is 1.52 bits per heavy atom. The summed E-state index contributed by atoms with van der Waals surface area (Å²) in [5.41, 5.74) is 1.02. The summed E-state index contributed by atoms with van der Waals surface area (Å²) in [6.45, 7) is 10.6. The van der Waals surface area contributed by atoms with Crippen molar-refractivity contribution in [2.75, 3.05) is 6.61 Å². The summed E-state index contributed by atoms with van der Waals surface area (Å²) in [6.07, 6.45) is -0.0287. The van der Waals surface area contributed by atoms with E-state index >= 15 is 0 Å². The number of hydrogen-bond donors (Lipinski definition) is 1. The van der Waals surface area contributed by atoms with Gasteiger partial charge in [0.15, 0.2) is 0 Å². The highest BCUT2D eigenvalue weighted by Gasteiger charge is 2.26. The molecule has 0 heterocycles. The van der Waals surface area contributed by atoms with E-state index in [1.54, 1.807) is 57.2 Å². The van der Waals surface area contributed by atoms with Crippen LogP contribution in [0.3, 0.4) is 0 Å². The fourth-order valence-corrected chi connectivity index (χ4v) is 2.63. The van der Waals surface area contributed by atoms with Gasteiger partial charge in [-0.3, -0.25) is 0 Å². The van der Waals surface area contributed by atoms with E-state index in [4.69, 9.17) is 18.9 Å². The van der Waals surface area contributed by atoms with Crippen LogP contribution in [-0.2, 0) is 20.7 Å². The SMILES string of the molecule is C=CCOC(=O)C(Cc1ccc(OC(=O)Oc2ccc(C)cc2)cc1)NC(=O)OC(C)(C)C. The Bertz CT molecular complexity index is 960. The Morgan fingerprint density at radius 1 is 0.970 bits per heavy atom. The molecule has 0 saturated carbocycles. The highest BCUT2D eigenvalue weighted by atomic mass is 16.7. The molecule has 0 spiro atoms. The molecular weight excluding hydrogens is 426 g/mol. The number of rotatable bonds is 8. The van der Waals surface area contributed by atoms with E-state index in [2.05, 4.69) is 11.9 Å². The molecule has 0 aromatic heterocycles. The topological polar surface area (TPSA) is 100 Å². The number of nitrogens with one attached hydrogen (secondary N) is 1. The number of alkyl carbamates (subject to hydrolysis) is 1. The molecule has 0 aliphatic carbocycles. The van der Waals surface area contributed by atoms with Crippen LogP contribution in [0.1, 0.15) is 31.9 Å². The number of hydrogen-bond acceptors (Lipinski definition) is 7. The average molecular weight is 456 g/mol. The molecule has 2 aromatic carbocycles. The maximum absolute atomic E-state index is 12.4. The lowest BCUT2D eigenvalue weighted by Crippen LogP contribution is -2.45. The van der Waals surface area contributed by atoms with Crippen LogP contribution in [-0.4, -0.2) is 36.5 Å². The minimum atomic E-state index is -0.974. The van der Waals surface area contributed by atoms with Gasteiger partial charge in [-0.2, -0.15) is 0 Å². The first kappa shape index (κ1) is 25.5. The summed E-state index contributed by atoms with van der Waals surface area (Å²) in [5.74, 6) is 0.0147. The third-order valence-corrected chi connectivity index (χ3v) is 4.11. The summed E-state index contributed by atoms with van der Waals surface area (Å²) in [5, 5.41) is 2.53. The van der Waals surface area contributed by atoms with Crippen molar-refractivity contribution in [3.63, 3.8) is 0 Å². The number of carbonyl (C=O) groups is 3. The van der Waals surface area contributed by atoms with Crippen LogP contribution in [0.4, 0.5) is 9.59 Å². The smallest absolute Gasteiger partial charge is 0.460 e. The number of esters is 1. The largest absolute Gasteiger partial charge is 0.519 e. The molecule has 0 saturated heterocycles. The van der Waals surface area contributed by atoms with E-state index < -0.39 is 29.9 Å². The van der Waals surface area contributed by atoms with E-state index in [0.717, 1.165) is 5.56 Å². The second-order valence-electron chi connectivity index (χ2n) is 8.23. The molecule has 33 heavy (non-hydrogen) atoms. The zero-order chi connectivity index (χ0) is 24.4. The lowest BCUT2D eigenvalue weighted by molar-refractivity contribution is -0.144. The van der Waals surface area contributed by atoms with E-state index in [1.807, 2.05) is 19.1 Å². The van der Waals surface area contributed by atoms with E-state index in [9.17, 15) is 14.4 Å². The maximum atomic E-state index is 12.4. The van der Waals surface area contributed by atoms with Crippen molar-refractivity contribution in [1.82, 2.24) is 5.32 Å². The monoisotopic (exact) mass is 455 g/mol. The molecule has 2 rings (SSSR count). The van der Waals surface area contributed by atoms with Gasteiger partial charge in [0.1, 0.15) is 29.7 Å². The Morgan fingerprint density at radius 3 is 2.03 bits per heavy atom. The zero-order valence-electron chi connectivity index (χ0n) is 19.3. The second-order valence-corrected chi connectivity index (χ2v) is 8.23. The molecule has 0 radical (unpaired) electrons. The van der Waals surface area contributed by atoms with Crippen molar-refractivity contribution >= 4 is 18.2 Å². The van der Waals surface area contributed by atoms with Gasteiger partial charge in [0.25, 0.3) is 0 Å². The molecule has 0 bridgehead atoms. The quantitative estimate of drug-likeness (QED) is 0.349. The molecule has 1 N–H and O–H groups in total. The number of amides is 1. The van der Waals surface area contributed by atoms with E-state index in [1.165, 1.54) is 6.08 Å². The minimum Gasteiger partial charge on any atom is -0.460 e. The van der Waals surface area contributed by atoms with E-state index in [0.29, 0.717) is 11.3 Å². The first-order chi connectivity index (χ1) is 15.6. The van der Waals surface area contributed by atoms with Crippen molar-refractivity contribution in [1.29, 1.82) is 0 Å². The van der Waals surface area contributed by atoms with Crippen LogP contribution in [0.25, 0.3) is 0 Å². The molecule has 1 atom stereocenters. The van der Waals surface area contributed by atoms with E-state index in [-0.39, 0.29) is 18.8 Å². The number of aryl methyl sites for hydroxylation is 1. The Labute approximate surface area is 193 Å². The highest BCUT2D eigenvalue weighted by Crippen LogP contribution is 2.17. The van der Waals surface area contributed by atoms with Gasteiger partial charge < -0.3 is 24.3 Å². The van der Waals surface area contributed by atoms with Gasteiger partial charge >= 0.3 is 18.2 Å². The third kappa shape index (κ3) is 9.47. The van der Waals surface area contributed by atoms with Crippen molar-refractivity contribution in [2.45, 2.75) is 45.8 Å². The van der Waals surface area contributed by atoms with Crippen LogP contribution < -0.4 is 14.8 Å². The molecule has 8 nitrogen and oxygen atoms in total. The summed E-state index contributed by atoms with van der Waals surface area (Å²) in [6, 6.07) is 12.5. The lowest BCUT2D eigenvalue weighted by atomic mass is 10.1. The minimum absolute atomic E-state index is 0.0151. The van der Waals surface area contributed by atoms with Crippen LogP contribution in [0.2, 0.25) is 0 Å². The zero-order valence-corrected chi connectivity index (χ0v) is 19.3. The number of ether oxygens (including phenoxy) is 4. The van der Waals surface area contributed by atoms with Crippen molar-refractivity contribution in [2.24, 2.45) is 0 Å². The molecule has 176 valence electrons. The van der Waals surface area contributed by atoms with Gasteiger partial charge in [0, 0.05) is 6.42 Å². The predicted molar refractivity (Wildman–Crippen MR) is 122 cm³/mol. The molecule has 0 aliphatic heterocycles.